The molecule has 2 rings (SSSR count). The summed E-state index contributed by atoms with van der Waals surface area (Å²) in [4.78, 5) is 15.2. The Morgan fingerprint density at radius 1 is 1.29 bits per heavy atom. The van der Waals surface area contributed by atoms with E-state index in [0.717, 1.165) is 43.6 Å². The third-order valence-corrected chi connectivity index (χ3v) is 4.32. The van der Waals surface area contributed by atoms with Crippen LogP contribution in [0.5, 0.6) is 0 Å². The Morgan fingerprint density at radius 3 is 2.43 bits per heavy atom. The maximum absolute atomic E-state index is 13.2. The molecule has 1 aliphatic rings. The summed E-state index contributed by atoms with van der Waals surface area (Å²) in [6, 6.07) is 10.3. The number of likely N-dealkylation sites (N-methyl/N-ethyl adjacent to an activating group) is 1. The molecule has 0 spiro atoms. The summed E-state index contributed by atoms with van der Waals surface area (Å²) in [7, 11) is 0. The standard InChI is InChI=1S/C18H26N2O/c1-4-20(14-15(2)3)17(21)18(10-12-19-13-11-18)16-8-6-5-7-9-16/h5-9,19H,2,4,10-14H2,1,3H3. The average Bonchev–Trinajstić information content (AvgIpc) is 2.53. The third kappa shape index (κ3) is 3.35. The third-order valence-electron chi connectivity index (χ3n) is 4.32. The fourth-order valence-electron chi connectivity index (χ4n) is 3.19. The van der Waals surface area contributed by atoms with Gasteiger partial charge in [-0.1, -0.05) is 42.5 Å². The molecule has 0 bridgehead atoms. The summed E-state index contributed by atoms with van der Waals surface area (Å²) >= 11 is 0. The van der Waals surface area contributed by atoms with Crippen molar-refractivity contribution in [1.82, 2.24) is 10.2 Å². The number of piperidine rings is 1. The fourth-order valence-corrected chi connectivity index (χ4v) is 3.19. The van der Waals surface area contributed by atoms with E-state index in [-0.39, 0.29) is 11.3 Å². The van der Waals surface area contributed by atoms with E-state index in [1.54, 1.807) is 0 Å². The van der Waals surface area contributed by atoms with E-state index >= 15 is 0 Å². The summed E-state index contributed by atoms with van der Waals surface area (Å²) in [6.07, 6.45) is 1.73. The van der Waals surface area contributed by atoms with Crippen molar-refractivity contribution in [3.05, 3.63) is 48.0 Å². The van der Waals surface area contributed by atoms with Gasteiger partial charge in [0.1, 0.15) is 0 Å². The molecule has 21 heavy (non-hydrogen) atoms. The number of amides is 1. The minimum atomic E-state index is -0.377. The van der Waals surface area contributed by atoms with E-state index in [9.17, 15) is 4.79 Å². The lowest BCUT2D eigenvalue weighted by Gasteiger charge is -2.40. The summed E-state index contributed by atoms with van der Waals surface area (Å²) in [5.41, 5.74) is 1.80. The van der Waals surface area contributed by atoms with Crippen LogP contribution in [-0.2, 0) is 10.2 Å². The number of hydrogen-bond donors (Lipinski definition) is 1. The number of benzene rings is 1. The fraction of sp³-hybridized carbons (Fsp3) is 0.500. The van der Waals surface area contributed by atoms with Gasteiger partial charge in [0.25, 0.3) is 0 Å². The molecule has 0 radical (unpaired) electrons. The van der Waals surface area contributed by atoms with Crippen LogP contribution in [0.3, 0.4) is 0 Å². The van der Waals surface area contributed by atoms with E-state index in [1.165, 1.54) is 0 Å². The number of nitrogens with zero attached hydrogens (tertiary/aromatic N) is 1. The normalized spacial score (nSPS) is 17.2. The SMILES string of the molecule is C=C(C)CN(CC)C(=O)C1(c2ccccc2)CCNCC1. The van der Waals surface area contributed by atoms with Crippen molar-refractivity contribution in [3.8, 4) is 0 Å². The molecular formula is C18H26N2O. The molecule has 0 unspecified atom stereocenters. The van der Waals surface area contributed by atoms with Crippen LogP contribution in [0.1, 0.15) is 32.3 Å². The maximum atomic E-state index is 13.2. The van der Waals surface area contributed by atoms with Gasteiger partial charge in [0.05, 0.1) is 5.41 Å². The molecule has 0 atom stereocenters. The molecule has 0 aromatic heterocycles. The van der Waals surface area contributed by atoms with Crippen molar-refractivity contribution in [3.63, 3.8) is 0 Å². The van der Waals surface area contributed by atoms with Crippen LogP contribution in [0, 0.1) is 0 Å². The second-order valence-electron chi connectivity index (χ2n) is 5.97. The van der Waals surface area contributed by atoms with Gasteiger partial charge in [0.15, 0.2) is 0 Å². The van der Waals surface area contributed by atoms with Gasteiger partial charge in [0.2, 0.25) is 5.91 Å². The highest BCUT2D eigenvalue weighted by Crippen LogP contribution is 2.35. The van der Waals surface area contributed by atoms with E-state index in [4.69, 9.17) is 0 Å². The molecule has 0 aliphatic carbocycles. The van der Waals surface area contributed by atoms with Gasteiger partial charge in [-0.05, 0) is 45.3 Å². The van der Waals surface area contributed by atoms with E-state index < -0.39 is 0 Å². The van der Waals surface area contributed by atoms with Crippen LogP contribution < -0.4 is 5.32 Å². The summed E-state index contributed by atoms with van der Waals surface area (Å²) < 4.78 is 0. The molecule has 114 valence electrons. The molecule has 3 nitrogen and oxygen atoms in total. The summed E-state index contributed by atoms with van der Waals surface area (Å²) in [6.45, 7) is 11.1. The predicted octanol–water partition coefficient (Wildman–Crippen LogP) is 2.73. The lowest BCUT2D eigenvalue weighted by atomic mass is 9.72. The zero-order valence-corrected chi connectivity index (χ0v) is 13.2. The maximum Gasteiger partial charge on any atom is 0.233 e. The Labute approximate surface area is 128 Å². The number of carbonyl (C=O) groups excluding carboxylic acids is 1. The minimum Gasteiger partial charge on any atom is -0.338 e. The molecular weight excluding hydrogens is 260 g/mol. The van der Waals surface area contributed by atoms with Gasteiger partial charge in [-0.2, -0.15) is 0 Å². The van der Waals surface area contributed by atoms with Crippen molar-refractivity contribution < 1.29 is 4.79 Å². The van der Waals surface area contributed by atoms with Gasteiger partial charge < -0.3 is 10.2 Å². The zero-order valence-electron chi connectivity index (χ0n) is 13.2. The Bertz CT molecular complexity index is 489. The minimum absolute atomic E-state index is 0.251. The molecule has 1 aromatic rings. The van der Waals surface area contributed by atoms with Gasteiger partial charge in [-0.15, -0.1) is 0 Å². The molecule has 1 N–H and O–H groups in total. The largest absolute Gasteiger partial charge is 0.338 e. The Balaban J connectivity index is 2.35. The number of hydrogen-bond acceptors (Lipinski definition) is 2. The number of carbonyl (C=O) groups is 1. The molecule has 1 heterocycles. The molecule has 1 saturated heterocycles. The lowest BCUT2D eigenvalue weighted by molar-refractivity contribution is -0.138. The van der Waals surface area contributed by atoms with E-state index in [1.807, 2.05) is 36.9 Å². The molecule has 3 heteroatoms. The monoisotopic (exact) mass is 286 g/mol. The number of nitrogens with one attached hydrogen (secondary N) is 1. The van der Waals surface area contributed by atoms with Crippen molar-refractivity contribution in [1.29, 1.82) is 0 Å². The second kappa shape index (κ2) is 6.90. The van der Waals surface area contributed by atoms with Crippen LogP contribution in [-0.4, -0.2) is 37.0 Å². The highest BCUT2D eigenvalue weighted by molar-refractivity contribution is 5.88. The smallest absolute Gasteiger partial charge is 0.233 e. The lowest BCUT2D eigenvalue weighted by Crippen LogP contribution is -2.52. The Hall–Kier alpha value is -1.61. The average molecular weight is 286 g/mol. The highest BCUT2D eigenvalue weighted by atomic mass is 16.2. The molecule has 1 aromatic carbocycles. The molecule has 1 aliphatic heterocycles. The van der Waals surface area contributed by atoms with E-state index in [2.05, 4.69) is 24.0 Å². The van der Waals surface area contributed by atoms with Crippen molar-refractivity contribution in [2.75, 3.05) is 26.2 Å². The summed E-state index contributed by atoms with van der Waals surface area (Å²) in [5, 5.41) is 3.37. The van der Waals surface area contributed by atoms with Crippen LogP contribution >= 0.6 is 0 Å². The van der Waals surface area contributed by atoms with Crippen LogP contribution in [0.2, 0.25) is 0 Å². The second-order valence-corrected chi connectivity index (χ2v) is 5.97. The van der Waals surface area contributed by atoms with Gasteiger partial charge >= 0.3 is 0 Å². The van der Waals surface area contributed by atoms with Crippen molar-refractivity contribution >= 4 is 5.91 Å². The van der Waals surface area contributed by atoms with Crippen molar-refractivity contribution in [2.45, 2.75) is 32.1 Å². The zero-order chi connectivity index (χ0) is 15.3. The topological polar surface area (TPSA) is 32.3 Å². The Kier molecular flexibility index (Phi) is 5.18. The van der Waals surface area contributed by atoms with Crippen molar-refractivity contribution in [2.24, 2.45) is 0 Å². The molecule has 1 fully saturated rings. The number of rotatable bonds is 5. The first-order valence-electron chi connectivity index (χ1n) is 7.80. The van der Waals surface area contributed by atoms with E-state index in [0.29, 0.717) is 6.54 Å². The predicted molar refractivity (Wildman–Crippen MR) is 87.3 cm³/mol. The van der Waals surface area contributed by atoms with Gasteiger partial charge in [-0.3, -0.25) is 4.79 Å². The van der Waals surface area contributed by atoms with Crippen LogP contribution in [0.25, 0.3) is 0 Å². The quantitative estimate of drug-likeness (QED) is 0.844. The summed E-state index contributed by atoms with van der Waals surface area (Å²) in [5.74, 6) is 0.251. The van der Waals surface area contributed by atoms with Crippen LogP contribution in [0.4, 0.5) is 0 Å². The first-order valence-corrected chi connectivity index (χ1v) is 7.80. The van der Waals surface area contributed by atoms with Gasteiger partial charge in [0, 0.05) is 13.1 Å². The molecule has 1 amide bonds. The Morgan fingerprint density at radius 2 is 1.90 bits per heavy atom. The molecule has 0 saturated carbocycles. The first-order chi connectivity index (χ1) is 10.1. The van der Waals surface area contributed by atoms with Crippen LogP contribution in [0.15, 0.2) is 42.5 Å². The first kappa shape index (κ1) is 15.8. The van der Waals surface area contributed by atoms with Gasteiger partial charge in [-0.25, -0.2) is 0 Å². The highest BCUT2D eigenvalue weighted by Gasteiger charge is 2.43.